The lowest BCUT2D eigenvalue weighted by Crippen LogP contribution is -2.43. The minimum Gasteiger partial charge on any atom is -0.494 e. The van der Waals surface area contributed by atoms with Crippen molar-refractivity contribution >= 4 is 62.5 Å². The molecule has 0 bridgehead atoms. The number of halogens is 2. The van der Waals surface area contributed by atoms with Crippen molar-refractivity contribution in [2.24, 2.45) is 12.8 Å². The van der Waals surface area contributed by atoms with Crippen molar-refractivity contribution in [3.05, 3.63) is 104 Å². The Bertz CT molecular complexity index is 2380. The van der Waals surface area contributed by atoms with Gasteiger partial charge in [-0.3, -0.25) is 9.59 Å². The maximum atomic E-state index is 15.1. The van der Waals surface area contributed by atoms with Crippen LogP contribution in [0.2, 0.25) is 10.0 Å². The number of fused-ring (bicyclic) bond motifs is 4. The number of anilines is 1. The van der Waals surface area contributed by atoms with E-state index in [1.807, 2.05) is 84.1 Å². The van der Waals surface area contributed by atoms with Gasteiger partial charge in [0.25, 0.3) is 11.8 Å². The van der Waals surface area contributed by atoms with E-state index < -0.39 is 5.91 Å². The monoisotopic (exact) mass is 722 g/mol. The summed E-state index contributed by atoms with van der Waals surface area (Å²) >= 11 is 13.5. The normalized spacial score (nSPS) is 14.5. The van der Waals surface area contributed by atoms with Gasteiger partial charge in [-0.25, -0.2) is 9.97 Å². The number of aromatic nitrogens is 4. The Kier molecular flexibility index (Phi) is 8.84. The van der Waals surface area contributed by atoms with E-state index in [1.165, 1.54) is 0 Å². The maximum absolute atomic E-state index is 15.1. The summed E-state index contributed by atoms with van der Waals surface area (Å²) in [6, 6.07) is 13.5. The molecule has 2 amide bonds. The zero-order valence-corrected chi connectivity index (χ0v) is 31.3. The maximum Gasteiger partial charge on any atom is 0.275 e. The minimum absolute atomic E-state index is 0.200. The number of primary amides is 1. The van der Waals surface area contributed by atoms with E-state index in [0.717, 1.165) is 77.3 Å². The molecule has 2 N–H and O–H groups in total. The van der Waals surface area contributed by atoms with Crippen LogP contribution in [-0.2, 0) is 13.5 Å². The Morgan fingerprint density at radius 1 is 0.961 bits per heavy atom. The second-order valence-corrected chi connectivity index (χ2v) is 14.4. The number of nitrogens with zero attached hydrogens (tertiary/aromatic N) is 5. The summed E-state index contributed by atoms with van der Waals surface area (Å²) in [4.78, 5) is 39.0. The SMILES string of the molecule is Cc1ccc2c(c1)c(N1C[C@@H](C)n3c(c(CCCOc4cc(C)c(Cl)c(C)c4)c4ccc(Cl)c(-c5c(C)ncnc5C)c43)C1=O)c(C(N)=O)n2C. The second-order valence-electron chi connectivity index (χ2n) is 13.7. The molecule has 11 heteroatoms. The molecule has 9 nitrogen and oxygen atoms in total. The highest BCUT2D eigenvalue weighted by molar-refractivity contribution is 6.35. The van der Waals surface area contributed by atoms with Crippen molar-refractivity contribution in [3.63, 3.8) is 0 Å². The van der Waals surface area contributed by atoms with Gasteiger partial charge in [-0.15, -0.1) is 0 Å². The first-order valence-corrected chi connectivity index (χ1v) is 17.8. The number of nitrogens with two attached hydrogens (primary N) is 1. The highest BCUT2D eigenvalue weighted by Crippen LogP contribution is 2.46. The summed E-state index contributed by atoms with van der Waals surface area (Å²) in [5.41, 5.74) is 16.1. The van der Waals surface area contributed by atoms with Gasteiger partial charge in [-0.2, -0.15) is 0 Å². The van der Waals surface area contributed by atoms with Gasteiger partial charge in [0.1, 0.15) is 23.5 Å². The molecule has 6 aromatic rings. The van der Waals surface area contributed by atoms with Crippen LogP contribution in [0.5, 0.6) is 5.75 Å². The molecule has 0 aliphatic carbocycles. The number of amides is 2. The lowest BCUT2D eigenvalue weighted by Gasteiger charge is -2.34. The van der Waals surface area contributed by atoms with Gasteiger partial charge >= 0.3 is 0 Å². The number of carbonyl (C=O) groups excluding carboxylic acids is 2. The molecule has 1 aliphatic heterocycles. The van der Waals surface area contributed by atoms with Crippen molar-refractivity contribution in [3.8, 4) is 16.9 Å². The Labute approximate surface area is 306 Å². The van der Waals surface area contributed by atoms with Crippen LogP contribution in [0.4, 0.5) is 5.69 Å². The van der Waals surface area contributed by atoms with Crippen LogP contribution in [0.1, 0.15) is 74.0 Å². The van der Waals surface area contributed by atoms with Crippen molar-refractivity contribution in [2.75, 3.05) is 18.1 Å². The third kappa shape index (κ3) is 5.63. The molecule has 0 unspecified atom stereocenters. The van der Waals surface area contributed by atoms with Gasteiger partial charge in [-0.05, 0) is 101 Å². The number of aryl methyl sites for hydroxylation is 7. The molecule has 3 aromatic heterocycles. The van der Waals surface area contributed by atoms with E-state index >= 15 is 4.79 Å². The molecular formula is C40H40Cl2N6O3. The third-order valence-electron chi connectivity index (χ3n) is 10.1. The zero-order chi connectivity index (χ0) is 36.5. The fraction of sp³-hybridized carbons (Fsp3) is 0.300. The van der Waals surface area contributed by atoms with Gasteiger partial charge in [0, 0.05) is 57.9 Å². The first kappa shape index (κ1) is 34.6. The lowest BCUT2D eigenvalue weighted by atomic mass is 9.97. The van der Waals surface area contributed by atoms with Crippen LogP contribution in [0.25, 0.3) is 32.9 Å². The van der Waals surface area contributed by atoms with Crippen LogP contribution in [0.3, 0.4) is 0 Å². The molecule has 0 saturated carbocycles. The molecule has 262 valence electrons. The number of rotatable bonds is 8. The average molecular weight is 724 g/mol. The number of benzene rings is 3. The Morgan fingerprint density at radius 3 is 2.31 bits per heavy atom. The highest BCUT2D eigenvalue weighted by Gasteiger charge is 2.39. The van der Waals surface area contributed by atoms with Crippen molar-refractivity contribution in [1.29, 1.82) is 0 Å². The molecule has 0 fully saturated rings. The average Bonchev–Trinajstić information content (AvgIpc) is 3.56. The number of carbonyl (C=O) groups is 2. The fourth-order valence-corrected chi connectivity index (χ4v) is 8.19. The van der Waals surface area contributed by atoms with Crippen LogP contribution >= 0.6 is 23.2 Å². The molecule has 1 atom stereocenters. The predicted molar refractivity (Wildman–Crippen MR) is 205 cm³/mol. The molecule has 0 radical (unpaired) electrons. The number of hydrogen-bond donors (Lipinski definition) is 1. The van der Waals surface area contributed by atoms with Crippen LogP contribution in [0.15, 0.2) is 48.8 Å². The highest BCUT2D eigenvalue weighted by atomic mass is 35.5. The van der Waals surface area contributed by atoms with Crippen LogP contribution in [0, 0.1) is 34.6 Å². The molecule has 3 aromatic carbocycles. The third-order valence-corrected chi connectivity index (χ3v) is 11.0. The molecule has 4 heterocycles. The standard InChI is InChI=1S/C40H40Cl2N6O3/c1-20-10-13-31-29(15-20)36(38(39(43)49)46(31)7)47-18-23(4)48-35-28(11-12-30(41)33(35)32-24(5)44-19-45-25(32)6)27(37(48)40(47)50)9-8-14-51-26-16-21(2)34(42)22(3)17-26/h10-13,15-17,19,23H,8-9,14,18H2,1-7H3,(H2,43,49)/t23-/m1/s1. The topological polar surface area (TPSA) is 108 Å². The second kappa shape index (κ2) is 13.0. The van der Waals surface area contributed by atoms with E-state index in [9.17, 15) is 4.79 Å². The van der Waals surface area contributed by atoms with E-state index in [1.54, 1.807) is 15.8 Å². The van der Waals surface area contributed by atoms with Gasteiger partial charge in [-0.1, -0.05) is 40.9 Å². The molecule has 0 saturated heterocycles. The van der Waals surface area contributed by atoms with Gasteiger partial charge in [0.05, 0.1) is 28.4 Å². The van der Waals surface area contributed by atoms with E-state index in [2.05, 4.69) is 21.5 Å². The van der Waals surface area contributed by atoms with Gasteiger partial charge in [0.2, 0.25) is 0 Å². The van der Waals surface area contributed by atoms with E-state index in [4.69, 9.17) is 33.7 Å². The summed E-state index contributed by atoms with van der Waals surface area (Å²) in [6.45, 7) is 12.6. The molecule has 1 aliphatic rings. The van der Waals surface area contributed by atoms with Gasteiger partial charge < -0.3 is 24.5 Å². The molecule has 0 spiro atoms. The van der Waals surface area contributed by atoms with Crippen molar-refractivity contribution in [1.82, 2.24) is 19.1 Å². The van der Waals surface area contributed by atoms with E-state index in [0.29, 0.717) is 48.1 Å². The zero-order valence-electron chi connectivity index (χ0n) is 29.8. The van der Waals surface area contributed by atoms with Crippen LogP contribution in [-0.4, -0.2) is 44.1 Å². The Balaban J connectivity index is 1.41. The Hall–Kier alpha value is -4.86. The first-order chi connectivity index (χ1) is 24.3. The summed E-state index contributed by atoms with van der Waals surface area (Å²) < 4.78 is 10.1. The summed E-state index contributed by atoms with van der Waals surface area (Å²) in [5, 5.41) is 3.01. The van der Waals surface area contributed by atoms with E-state index in [-0.39, 0.29) is 11.9 Å². The number of ether oxygens (including phenoxy) is 1. The Morgan fingerprint density at radius 2 is 1.65 bits per heavy atom. The summed E-state index contributed by atoms with van der Waals surface area (Å²) in [5.74, 6) is -0.0501. The molecule has 7 rings (SSSR count). The fourth-order valence-electron chi connectivity index (χ4n) is 7.84. The van der Waals surface area contributed by atoms with Crippen molar-refractivity contribution in [2.45, 2.75) is 60.4 Å². The number of hydrogen-bond acceptors (Lipinski definition) is 5. The molecular weight excluding hydrogens is 683 g/mol. The summed E-state index contributed by atoms with van der Waals surface area (Å²) in [7, 11) is 1.81. The predicted octanol–water partition coefficient (Wildman–Crippen LogP) is 8.77. The molecule has 51 heavy (non-hydrogen) atoms. The quantitative estimate of drug-likeness (QED) is 0.158. The minimum atomic E-state index is -0.595. The first-order valence-electron chi connectivity index (χ1n) is 17.0. The van der Waals surface area contributed by atoms with Crippen molar-refractivity contribution < 1.29 is 14.3 Å². The summed E-state index contributed by atoms with van der Waals surface area (Å²) in [6.07, 6.45) is 2.74. The van der Waals surface area contributed by atoms with Crippen LogP contribution < -0.4 is 15.4 Å². The smallest absolute Gasteiger partial charge is 0.275 e. The largest absolute Gasteiger partial charge is 0.494 e. The van der Waals surface area contributed by atoms with Gasteiger partial charge in [0.15, 0.2) is 0 Å². The lowest BCUT2D eigenvalue weighted by molar-refractivity contribution is 0.0957.